The molecule has 1 aromatic heterocycles. The van der Waals surface area contributed by atoms with Gasteiger partial charge in [-0.2, -0.15) is 4.98 Å². The fourth-order valence-corrected chi connectivity index (χ4v) is 2.01. The number of nitrogen functional groups attached to an aromatic ring is 1. The molecule has 0 aliphatic carbocycles. The topological polar surface area (TPSA) is 146 Å². The van der Waals surface area contributed by atoms with E-state index in [1.165, 1.54) is 12.3 Å². The number of ether oxygens (including phenoxy) is 1. The molecule has 0 saturated carbocycles. The predicted molar refractivity (Wildman–Crippen MR) is 77.0 cm³/mol. The van der Waals surface area contributed by atoms with Crippen molar-refractivity contribution >= 4 is 13.6 Å². The molecule has 126 valence electrons. The highest BCUT2D eigenvalue weighted by molar-refractivity contribution is 7.47. The highest BCUT2D eigenvalue weighted by Crippen LogP contribution is 2.42. The third kappa shape index (κ3) is 5.48. The van der Waals surface area contributed by atoms with Crippen LogP contribution in [0.15, 0.2) is 17.1 Å². The molecule has 0 aromatic carbocycles. The molecule has 0 amide bonds. The van der Waals surface area contributed by atoms with E-state index in [1.807, 2.05) is 0 Å². The quantitative estimate of drug-likeness (QED) is 0.524. The second kappa shape index (κ2) is 8.37. The lowest BCUT2D eigenvalue weighted by atomic mass is 10.3. The van der Waals surface area contributed by atoms with Crippen molar-refractivity contribution in [3.8, 4) is 0 Å². The number of phosphoric acid groups is 1. The van der Waals surface area contributed by atoms with Crippen molar-refractivity contribution in [1.82, 2.24) is 9.55 Å². The molecule has 4 N–H and O–H groups in total. The third-order valence-electron chi connectivity index (χ3n) is 2.78. The Hall–Kier alpha value is -1.29. The zero-order valence-electron chi connectivity index (χ0n) is 12.3. The Balaban J connectivity index is 2.78. The summed E-state index contributed by atoms with van der Waals surface area (Å²) in [5, 5.41) is 9.38. The smallest absolute Gasteiger partial charge is 0.392 e. The van der Waals surface area contributed by atoms with E-state index in [-0.39, 0.29) is 12.4 Å². The molecule has 0 radical (unpaired) electrons. The summed E-state index contributed by atoms with van der Waals surface area (Å²) in [6.45, 7) is 1.01. The van der Waals surface area contributed by atoms with Gasteiger partial charge in [-0.05, 0) is 12.5 Å². The van der Waals surface area contributed by atoms with Gasteiger partial charge >= 0.3 is 13.5 Å². The molecule has 3 atom stereocenters. The maximum Gasteiger partial charge on any atom is 0.472 e. The molecule has 1 aromatic rings. The number of aliphatic hydroxyl groups excluding tert-OH is 1. The van der Waals surface area contributed by atoms with Crippen molar-refractivity contribution in [3.05, 3.63) is 22.7 Å². The molecule has 1 heterocycles. The minimum absolute atomic E-state index is 0.0506. The molecular formula is C11H20N3O7P. The van der Waals surface area contributed by atoms with Gasteiger partial charge in [-0.25, -0.2) is 9.36 Å². The minimum Gasteiger partial charge on any atom is -0.392 e. The van der Waals surface area contributed by atoms with Crippen molar-refractivity contribution in [3.63, 3.8) is 0 Å². The second-order valence-corrected chi connectivity index (χ2v) is 5.85. The van der Waals surface area contributed by atoms with Crippen LogP contribution in [0.1, 0.15) is 19.6 Å². The van der Waals surface area contributed by atoms with E-state index in [1.54, 1.807) is 6.92 Å². The van der Waals surface area contributed by atoms with Gasteiger partial charge in [-0.15, -0.1) is 0 Å². The van der Waals surface area contributed by atoms with Gasteiger partial charge in [-0.1, -0.05) is 6.92 Å². The summed E-state index contributed by atoms with van der Waals surface area (Å²) < 4.78 is 26.8. The van der Waals surface area contributed by atoms with Gasteiger partial charge in [-0.3, -0.25) is 13.6 Å². The Morgan fingerprint density at radius 2 is 2.23 bits per heavy atom. The standard InChI is InChI=1S/C11H20N3O7P/c1-3-8(7-20-22(17,18)19-2)21-10(6-15)14-5-4-9(12)13-11(14)16/h4-5,8,10,15H,3,6-7H2,1-2H3,(H,17,18)(H2,12,13,16)/t8-,10?/m1/s1. The van der Waals surface area contributed by atoms with Crippen molar-refractivity contribution in [2.75, 3.05) is 26.1 Å². The zero-order valence-corrected chi connectivity index (χ0v) is 13.2. The molecule has 0 bridgehead atoms. The van der Waals surface area contributed by atoms with Crippen molar-refractivity contribution in [2.45, 2.75) is 25.7 Å². The highest BCUT2D eigenvalue weighted by Gasteiger charge is 2.23. The number of aromatic nitrogens is 2. The Morgan fingerprint density at radius 3 is 2.73 bits per heavy atom. The fraction of sp³-hybridized carbons (Fsp3) is 0.636. The number of anilines is 1. The number of nitrogens with zero attached hydrogens (tertiary/aromatic N) is 2. The number of rotatable bonds is 9. The first-order valence-electron chi connectivity index (χ1n) is 6.47. The minimum atomic E-state index is -4.12. The van der Waals surface area contributed by atoms with E-state index in [4.69, 9.17) is 15.0 Å². The van der Waals surface area contributed by atoms with E-state index in [9.17, 15) is 19.4 Å². The first kappa shape index (κ1) is 18.8. The van der Waals surface area contributed by atoms with Crippen molar-refractivity contribution in [1.29, 1.82) is 0 Å². The molecule has 1 rings (SSSR count). The summed E-state index contributed by atoms with van der Waals surface area (Å²) in [5.74, 6) is 0.0506. The molecule has 0 saturated heterocycles. The molecule has 0 fully saturated rings. The Labute approximate surface area is 127 Å². The van der Waals surface area contributed by atoms with Gasteiger partial charge in [0.25, 0.3) is 0 Å². The summed E-state index contributed by atoms with van der Waals surface area (Å²) in [6, 6.07) is 1.39. The lowest BCUT2D eigenvalue weighted by Crippen LogP contribution is -2.34. The van der Waals surface area contributed by atoms with Crippen LogP contribution in [0, 0.1) is 0 Å². The molecule has 11 heteroatoms. The van der Waals surface area contributed by atoms with Crippen LogP contribution < -0.4 is 11.4 Å². The lowest BCUT2D eigenvalue weighted by molar-refractivity contribution is -0.0982. The third-order valence-corrected chi connectivity index (χ3v) is 3.71. The van der Waals surface area contributed by atoms with Crippen molar-refractivity contribution < 1.29 is 28.3 Å². The monoisotopic (exact) mass is 337 g/mol. The lowest BCUT2D eigenvalue weighted by Gasteiger charge is -2.24. The van der Waals surface area contributed by atoms with Crippen LogP contribution in [0.25, 0.3) is 0 Å². The maximum absolute atomic E-state index is 11.7. The van der Waals surface area contributed by atoms with E-state index >= 15 is 0 Å². The van der Waals surface area contributed by atoms with Crippen LogP contribution in [0.5, 0.6) is 0 Å². The number of nitrogens with two attached hydrogens (primary N) is 1. The fourth-order valence-electron chi connectivity index (χ4n) is 1.55. The largest absolute Gasteiger partial charge is 0.472 e. The van der Waals surface area contributed by atoms with Crippen LogP contribution >= 0.6 is 7.82 Å². The van der Waals surface area contributed by atoms with Gasteiger partial charge in [0.2, 0.25) is 0 Å². The molecule has 22 heavy (non-hydrogen) atoms. The average Bonchev–Trinajstić information content (AvgIpc) is 2.48. The second-order valence-electron chi connectivity index (χ2n) is 4.29. The molecule has 10 nitrogen and oxygen atoms in total. The first-order valence-corrected chi connectivity index (χ1v) is 7.96. The van der Waals surface area contributed by atoms with E-state index in [2.05, 4.69) is 9.51 Å². The van der Waals surface area contributed by atoms with Crippen LogP contribution in [-0.2, 0) is 18.3 Å². The SMILES string of the molecule is CC[C@H](COP(=O)(O)OC)OC(CO)n1ccc(N)nc1=O. The van der Waals surface area contributed by atoms with E-state index in [0.717, 1.165) is 11.7 Å². The average molecular weight is 337 g/mol. The Kier molecular flexibility index (Phi) is 7.14. The van der Waals surface area contributed by atoms with Gasteiger partial charge in [0, 0.05) is 13.3 Å². The summed E-state index contributed by atoms with van der Waals surface area (Å²) in [6.07, 6.45) is 0.0924. The predicted octanol–water partition coefficient (Wildman–Crippen LogP) is -0.125. The van der Waals surface area contributed by atoms with Gasteiger partial charge in [0.15, 0.2) is 6.23 Å². The highest BCUT2D eigenvalue weighted by atomic mass is 31.2. The number of aliphatic hydroxyl groups is 1. The molecule has 2 unspecified atom stereocenters. The molecule has 0 aliphatic rings. The summed E-state index contributed by atoms with van der Waals surface area (Å²) in [4.78, 5) is 24.4. The molecular weight excluding hydrogens is 317 g/mol. The number of hydrogen-bond acceptors (Lipinski definition) is 8. The summed E-state index contributed by atoms with van der Waals surface area (Å²) in [5.41, 5.74) is 4.71. The zero-order chi connectivity index (χ0) is 16.8. The van der Waals surface area contributed by atoms with Crippen LogP contribution in [0.2, 0.25) is 0 Å². The summed E-state index contributed by atoms with van der Waals surface area (Å²) >= 11 is 0. The molecule has 0 aliphatic heterocycles. The van der Waals surface area contributed by atoms with Gasteiger partial charge in [0.1, 0.15) is 5.82 Å². The van der Waals surface area contributed by atoms with Crippen LogP contribution in [0.3, 0.4) is 0 Å². The number of phosphoric ester groups is 1. The van der Waals surface area contributed by atoms with Gasteiger partial charge < -0.3 is 20.5 Å². The first-order chi connectivity index (χ1) is 10.3. The number of hydrogen-bond donors (Lipinski definition) is 3. The normalized spacial score (nSPS) is 16.9. The maximum atomic E-state index is 11.7. The van der Waals surface area contributed by atoms with Crippen LogP contribution in [0.4, 0.5) is 5.82 Å². The van der Waals surface area contributed by atoms with E-state index < -0.39 is 32.5 Å². The van der Waals surface area contributed by atoms with E-state index in [0.29, 0.717) is 6.42 Å². The van der Waals surface area contributed by atoms with Crippen LogP contribution in [-0.4, -0.2) is 46.0 Å². The summed E-state index contributed by atoms with van der Waals surface area (Å²) in [7, 11) is -3.08. The van der Waals surface area contributed by atoms with Crippen molar-refractivity contribution in [2.24, 2.45) is 0 Å². The van der Waals surface area contributed by atoms with Gasteiger partial charge in [0.05, 0.1) is 19.3 Å². The molecule has 0 spiro atoms. The Bertz CT molecular complexity index is 579. The Morgan fingerprint density at radius 1 is 1.55 bits per heavy atom.